The maximum atomic E-state index is 11.8. The highest BCUT2D eigenvalue weighted by molar-refractivity contribution is 5.80. The van der Waals surface area contributed by atoms with Gasteiger partial charge in [0, 0.05) is 38.8 Å². The number of guanidine groups is 1. The molecule has 1 aliphatic carbocycles. The number of carbonyl (C=O) groups excluding carboxylic acids is 1. The molecule has 0 aromatic carbocycles. The molecule has 0 spiro atoms. The van der Waals surface area contributed by atoms with Crippen molar-refractivity contribution in [3.8, 4) is 0 Å². The summed E-state index contributed by atoms with van der Waals surface area (Å²) in [6, 6.07) is 0.334. The van der Waals surface area contributed by atoms with E-state index in [0.717, 1.165) is 58.0 Å². The predicted molar refractivity (Wildman–Crippen MR) is 113 cm³/mol. The Balaban J connectivity index is 1.79. The van der Waals surface area contributed by atoms with E-state index in [-0.39, 0.29) is 6.09 Å². The van der Waals surface area contributed by atoms with Gasteiger partial charge in [-0.2, -0.15) is 0 Å². The number of rotatable bonds is 9. The van der Waals surface area contributed by atoms with Crippen LogP contribution in [0.3, 0.4) is 0 Å². The van der Waals surface area contributed by atoms with Crippen molar-refractivity contribution in [3.05, 3.63) is 0 Å². The lowest BCUT2D eigenvalue weighted by Crippen LogP contribution is -2.50. The minimum absolute atomic E-state index is 0.199. The molecule has 1 atom stereocenters. The van der Waals surface area contributed by atoms with E-state index in [4.69, 9.17) is 14.5 Å². The minimum Gasteiger partial charge on any atom is -0.450 e. The Bertz CT molecular complexity index is 472. The number of piperidine rings is 1. The van der Waals surface area contributed by atoms with Crippen LogP contribution in [0.5, 0.6) is 0 Å². The van der Waals surface area contributed by atoms with Gasteiger partial charge in [0.1, 0.15) is 0 Å². The molecule has 1 aliphatic heterocycles. The summed E-state index contributed by atoms with van der Waals surface area (Å²) >= 11 is 0. The van der Waals surface area contributed by atoms with Crippen LogP contribution >= 0.6 is 0 Å². The van der Waals surface area contributed by atoms with Crippen molar-refractivity contribution in [2.24, 2.45) is 10.9 Å². The summed E-state index contributed by atoms with van der Waals surface area (Å²) in [4.78, 5) is 18.4. The van der Waals surface area contributed by atoms with E-state index >= 15 is 0 Å². The largest absolute Gasteiger partial charge is 0.450 e. The fourth-order valence-electron chi connectivity index (χ4n) is 4.24. The van der Waals surface area contributed by atoms with Crippen LogP contribution in [0.4, 0.5) is 4.79 Å². The Morgan fingerprint density at radius 3 is 2.43 bits per heavy atom. The molecule has 7 heteroatoms. The first-order valence-electron chi connectivity index (χ1n) is 11.3. The predicted octanol–water partition coefficient (Wildman–Crippen LogP) is 3.15. The van der Waals surface area contributed by atoms with E-state index in [9.17, 15) is 4.79 Å². The first-order valence-corrected chi connectivity index (χ1v) is 11.3. The molecule has 1 saturated heterocycles. The minimum atomic E-state index is -0.199. The fraction of sp³-hybridized carbons (Fsp3) is 0.905. The van der Waals surface area contributed by atoms with Gasteiger partial charge in [-0.3, -0.25) is 4.99 Å². The van der Waals surface area contributed by atoms with Gasteiger partial charge in [0.15, 0.2) is 5.96 Å². The second-order valence-corrected chi connectivity index (χ2v) is 7.69. The summed E-state index contributed by atoms with van der Waals surface area (Å²) in [5.41, 5.74) is 0. The first kappa shape index (κ1) is 22.8. The third kappa shape index (κ3) is 7.49. The van der Waals surface area contributed by atoms with Crippen LogP contribution in [0.25, 0.3) is 0 Å². The van der Waals surface area contributed by atoms with E-state index in [0.29, 0.717) is 24.7 Å². The first-order chi connectivity index (χ1) is 13.7. The molecule has 28 heavy (non-hydrogen) atoms. The van der Waals surface area contributed by atoms with Crippen molar-refractivity contribution in [2.75, 3.05) is 39.4 Å². The van der Waals surface area contributed by atoms with Crippen LogP contribution in [0.2, 0.25) is 0 Å². The third-order valence-electron chi connectivity index (χ3n) is 5.70. The zero-order valence-corrected chi connectivity index (χ0v) is 18.0. The Labute approximate surface area is 170 Å². The zero-order chi connectivity index (χ0) is 20.2. The van der Waals surface area contributed by atoms with Crippen LogP contribution in [0.15, 0.2) is 4.99 Å². The van der Waals surface area contributed by atoms with Crippen LogP contribution in [0, 0.1) is 5.92 Å². The molecule has 1 unspecified atom stereocenters. The van der Waals surface area contributed by atoms with Gasteiger partial charge in [0.2, 0.25) is 0 Å². The van der Waals surface area contributed by atoms with Crippen molar-refractivity contribution in [1.82, 2.24) is 15.5 Å². The van der Waals surface area contributed by atoms with E-state index in [1.807, 2.05) is 6.92 Å². The highest BCUT2D eigenvalue weighted by atomic mass is 16.6. The number of carbonyl (C=O) groups is 1. The fourth-order valence-corrected chi connectivity index (χ4v) is 4.24. The van der Waals surface area contributed by atoms with Crippen LogP contribution in [-0.4, -0.2) is 68.5 Å². The molecular formula is C21H40N4O3. The smallest absolute Gasteiger partial charge is 0.409 e. The number of nitrogens with zero attached hydrogens (tertiary/aromatic N) is 2. The third-order valence-corrected chi connectivity index (χ3v) is 5.70. The molecule has 1 saturated carbocycles. The second kappa shape index (κ2) is 12.9. The van der Waals surface area contributed by atoms with Crippen molar-refractivity contribution < 1.29 is 14.3 Å². The van der Waals surface area contributed by atoms with Gasteiger partial charge >= 0.3 is 6.09 Å². The standard InChI is InChI=1S/C21H40N4O3/c1-4-22-20(23-14-11-19(27-5-2)17-9-7-8-10-17)24-18-12-15-25(16-13-18)21(26)28-6-3/h17-19H,4-16H2,1-3H3,(H2,22,23,24). The van der Waals surface area contributed by atoms with Gasteiger partial charge in [0.25, 0.3) is 0 Å². The number of nitrogens with one attached hydrogen (secondary N) is 2. The van der Waals surface area contributed by atoms with Crippen molar-refractivity contribution >= 4 is 12.1 Å². The summed E-state index contributed by atoms with van der Waals surface area (Å²) in [5, 5.41) is 6.90. The van der Waals surface area contributed by atoms with Crippen molar-refractivity contribution in [3.63, 3.8) is 0 Å². The van der Waals surface area contributed by atoms with Gasteiger partial charge in [-0.05, 0) is 58.8 Å². The summed E-state index contributed by atoms with van der Waals surface area (Å²) in [5.74, 6) is 1.58. The highest BCUT2D eigenvalue weighted by Gasteiger charge is 2.26. The van der Waals surface area contributed by atoms with Gasteiger partial charge in [-0.25, -0.2) is 4.79 Å². The number of hydrogen-bond acceptors (Lipinski definition) is 4. The molecule has 1 heterocycles. The van der Waals surface area contributed by atoms with Crippen molar-refractivity contribution in [1.29, 1.82) is 0 Å². The lowest BCUT2D eigenvalue weighted by atomic mass is 9.98. The highest BCUT2D eigenvalue weighted by Crippen LogP contribution is 2.30. The Morgan fingerprint density at radius 1 is 1.11 bits per heavy atom. The van der Waals surface area contributed by atoms with Crippen molar-refractivity contribution in [2.45, 2.75) is 77.9 Å². The average molecular weight is 397 g/mol. The Kier molecular flexibility index (Phi) is 10.5. The number of ether oxygens (including phenoxy) is 2. The summed E-state index contributed by atoms with van der Waals surface area (Å²) < 4.78 is 11.1. The lowest BCUT2D eigenvalue weighted by Gasteiger charge is -2.32. The molecule has 2 N–H and O–H groups in total. The van der Waals surface area contributed by atoms with Gasteiger partial charge < -0.3 is 25.0 Å². The monoisotopic (exact) mass is 396 g/mol. The molecule has 1 amide bonds. The molecule has 0 radical (unpaired) electrons. The Morgan fingerprint density at radius 2 is 1.82 bits per heavy atom. The topological polar surface area (TPSA) is 75.2 Å². The van der Waals surface area contributed by atoms with E-state index in [1.165, 1.54) is 25.7 Å². The van der Waals surface area contributed by atoms with Gasteiger partial charge in [0.05, 0.1) is 12.7 Å². The van der Waals surface area contributed by atoms with Crippen LogP contribution < -0.4 is 10.6 Å². The van der Waals surface area contributed by atoms with Gasteiger partial charge in [-0.1, -0.05) is 12.8 Å². The van der Waals surface area contributed by atoms with Gasteiger partial charge in [-0.15, -0.1) is 0 Å². The second-order valence-electron chi connectivity index (χ2n) is 7.69. The molecule has 7 nitrogen and oxygen atoms in total. The zero-order valence-electron chi connectivity index (χ0n) is 18.0. The average Bonchev–Trinajstić information content (AvgIpc) is 3.23. The SMILES string of the molecule is CCNC(=NCCC(OCC)C1CCCC1)NC1CCN(C(=O)OCC)CC1. The molecule has 162 valence electrons. The molecule has 0 bridgehead atoms. The lowest BCUT2D eigenvalue weighted by molar-refractivity contribution is 0.0177. The molecule has 2 fully saturated rings. The van der Waals surface area contributed by atoms with E-state index in [1.54, 1.807) is 4.90 Å². The molecular weight excluding hydrogens is 356 g/mol. The van der Waals surface area contributed by atoms with E-state index in [2.05, 4.69) is 24.5 Å². The summed E-state index contributed by atoms with van der Waals surface area (Å²) in [6.07, 6.45) is 8.22. The molecule has 0 aromatic heterocycles. The maximum absolute atomic E-state index is 11.8. The summed E-state index contributed by atoms with van der Waals surface area (Å²) in [7, 11) is 0. The quantitative estimate of drug-likeness (QED) is 0.463. The molecule has 0 aromatic rings. The maximum Gasteiger partial charge on any atom is 0.409 e. The summed E-state index contributed by atoms with van der Waals surface area (Å²) in [6.45, 7) is 10.3. The van der Waals surface area contributed by atoms with Crippen LogP contribution in [-0.2, 0) is 9.47 Å². The normalized spacial score (nSPS) is 20.2. The molecule has 2 aliphatic rings. The Hall–Kier alpha value is -1.50. The molecule has 2 rings (SSSR count). The number of amides is 1. The van der Waals surface area contributed by atoms with Crippen LogP contribution in [0.1, 0.15) is 65.7 Å². The number of aliphatic imine (C=N–C) groups is 1. The number of likely N-dealkylation sites (tertiary alicyclic amines) is 1. The number of hydrogen-bond donors (Lipinski definition) is 2. The van der Waals surface area contributed by atoms with E-state index < -0.39 is 0 Å².